The molecule has 2 atom stereocenters. The number of aryl methyl sites for hydroxylation is 1. The zero-order valence-corrected chi connectivity index (χ0v) is 12.3. The van der Waals surface area contributed by atoms with Crippen molar-refractivity contribution in [1.82, 2.24) is 15.2 Å². The Bertz CT molecular complexity index is 510. The van der Waals surface area contributed by atoms with Gasteiger partial charge in [0.1, 0.15) is 17.8 Å². The quantitative estimate of drug-likeness (QED) is 0.908. The molecule has 0 aliphatic carbocycles. The standard InChI is InChI=1S/C14H21N3O3/c1-8(2)12-14(19)17(6-5-11(18)16-12)10(4)13-15-7-9(3)20-13/h7-8,10,12H,5-6H2,1-4H3,(H,16,18). The van der Waals surface area contributed by atoms with Crippen LogP contribution in [0.15, 0.2) is 10.6 Å². The first-order chi connectivity index (χ1) is 9.40. The van der Waals surface area contributed by atoms with Gasteiger partial charge in [-0.1, -0.05) is 13.8 Å². The van der Waals surface area contributed by atoms with Crippen molar-refractivity contribution in [3.63, 3.8) is 0 Å². The van der Waals surface area contributed by atoms with Crippen molar-refractivity contribution in [3.8, 4) is 0 Å². The molecule has 2 heterocycles. The fourth-order valence-electron chi connectivity index (χ4n) is 2.35. The van der Waals surface area contributed by atoms with E-state index in [0.29, 0.717) is 24.6 Å². The zero-order chi connectivity index (χ0) is 14.9. The molecule has 1 saturated heterocycles. The molecule has 1 N–H and O–H groups in total. The predicted molar refractivity (Wildman–Crippen MR) is 72.8 cm³/mol. The number of nitrogens with zero attached hydrogens (tertiary/aromatic N) is 2. The fraction of sp³-hybridized carbons (Fsp3) is 0.643. The summed E-state index contributed by atoms with van der Waals surface area (Å²) >= 11 is 0. The summed E-state index contributed by atoms with van der Waals surface area (Å²) in [5.41, 5.74) is 0. The van der Waals surface area contributed by atoms with Crippen LogP contribution in [-0.2, 0) is 9.59 Å². The first-order valence-electron chi connectivity index (χ1n) is 6.92. The minimum atomic E-state index is -0.483. The molecule has 110 valence electrons. The SMILES string of the molecule is Cc1cnc(C(C)N2CCC(=O)NC(C(C)C)C2=O)o1. The minimum absolute atomic E-state index is 0.0468. The molecule has 2 unspecified atom stereocenters. The van der Waals surface area contributed by atoms with Crippen molar-refractivity contribution in [1.29, 1.82) is 0 Å². The molecule has 0 radical (unpaired) electrons. The lowest BCUT2D eigenvalue weighted by Crippen LogP contribution is -2.48. The van der Waals surface area contributed by atoms with E-state index in [0.717, 1.165) is 0 Å². The highest BCUT2D eigenvalue weighted by atomic mass is 16.4. The maximum absolute atomic E-state index is 12.6. The number of rotatable bonds is 3. The second kappa shape index (κ2) is 5.64. The lowest BCUT2D eigenvalue weighted by Gasteiger charge is -2.29. The van der Waals surface area contributed by atoms with Gasteiger partial charge >= 0.3 is 0 Å². The van der Waals surface area contributed by atoms with Gasteiger partial charge in [-0.2, -0.15) is 0 Å². The van der Waals surface area contributed by atoms with Gasteiger partial charge in [0.05, 0.1) is 6.20 Å². The van der Waals surface area contributed by atoms with Crippen LogP contribution < -0.4 is 5.32 Å². The monoisotopic (exact) mass is 279 g/mol. The number of oxazole rings is 1. The number of hydrogen-bond acceptors (Lipinski definition) is 4. The van der Waals surface area contributed by atoms with Crippen LogP contribution in [0.25, 0.3) is 0 Å². The Balaban J connectivity index is 2.24. The minimum Gasteiger partial charge on any atom is -0.444 e. The summed E-state index contributed by atoms with van der Waals surface area (Å²) < 4.78 is 5.50. The van der Waals surface area contributed by atoms with Crippen molar-refractivity contribution in [2.75, 3.05) is 6.54 Å². The fourth-order valence-corrected chi connectivity index (χ4v) is 2.35. The molecule has 1 aliphatic rings. The number of hydrogen-bond donors (Lipinski definition) is 1. The third kappa shape index (κ3) is 2.84. The van der Waals surface area contributed by atoms with Crippen LogP contribution in [0.2, 0.25) is 0 Å². The second-order valence-corrected chi connectivity index (χ2v) is 5.56. The summed E-state index contributed by atoms with van der Waals surface area (Å²) in [6, 6.07) is -0.756. The summed E-state index contributed by atoms with van der Waals surface area (Å²) in [6.07, 6.45) is 1.94. The maximum Gasteiger partial charge on any atom is 0.246 e. The number of nitrogens with one attached hydrogen (secondary N) is 1. The molecule has 0 bridgehead atoms. The molecule has 20 heavy (non-hydrogen) atoms. The van der Waals surface area contributed by atoms with Gasteiger partial charge in [0.2, 0.25) is 17.7 Å². The summed E-state index contributed by atoms with van der Waals surface area (Å²) in [5.74, 6) is 1.10. The van der Waals surface area contributed by atoms with E-state index in [4.69, 9.17) is 4.42 Å². The number of aromatic nitrogens is 1. The van der Waals surface area contributed by atoms with Crippen LogP contribution in [0.4, 0.5) is 0 Å². The van der Waals surface area contributed by atoms with Gasteiger partial charge < -0.3 is 14.6 Å². The van der Waals surface area contributed by atoms with Gasteiger partial charge in [-0.3, -0.25) is 9.59 Å². The molecule has 0 saturated carbocycles. The predicted octanol–water partition coefficient (Wildman–Crippen LogP) is 1.42. The molecule has 1 fully saturated rings. The first kappa shape index (κ1) is 14.6. The van der Waals surface area contributed by atoms with E-state index in [1.165, 1.54) is 0 Å². The number of carbonyl (C=O) groups excluding carboxylic acids is 2. The van der Waals surface area contributed by atoms with Gasteiger partial charge in [0.15, 0.2) is 0 Å². The normalized spacial score (nSPS) is 21.9. The van der Waals surface area contributed by atoms with Crippen LogP contribution in [0.3, 0.4) is 0 Å². The van der Waals surface area contributed by atoms with E-state index < -0.39 is 6.04 Å². The van der Waals surface area contributed by atoms with Gasteiger partial charge in [-0.05, 0) is 19.8 Å². The van der Waals surface area contributed by atoms with E-state index in [2.05, 4.69) is 10.3 Å². The molecule has 6 heteroatoms. The Hall–Kier alpha value is -1.85. The molecule has 0 spiro atoms. The van der Waals surface area contributed by atoms with Crippen LogP contribution in [0.5, 0.6) is 0 Å². The molecule has 1 aliphatic heterocycles. The molecule has 2 amide bonds. The average molecular weight is 279 g/mol. The first-order valence-corrected chi connectivity index (χ1v) is 6.92. The lowest BCUT2D eigenvalue weighted by atomic mass is 10.0. The summed E-state index contributed by atoms with van der Waals surface area (Å²) in [7, 11) is 0. The van der Waals surface area contributed by atoms with Crippen molar-refractivity contribution in [3.05, 3.63) is 17.8 Å². The molecule has 2 rings (SSSR count). The summed E-state index contributed by atoms with van der Waals surface area (Å²) in [6.45, 7) is 7.92. The van der Waals surface area contributed by atoms with Gasteiger partial charge in [-0.25, -0.2) is 4.98 Å². The molecule has 6 nitrogen and oxygen atoms in total. The Morgan fingerprint density at radius 2 is 2.10 bits per heavy atom. The van der Waals surface area contributed by atoms with Gasteiger partial charge in [0.25, 0.3) is 0 Å². The second-order valence-electron chi connectivity index (χ2n) is 5.56. The highest BCUT2D eigenvalue weighted by Crippen LogP contribution is 2.23. The van der Waals surface area contributed by atoms with Crippen LogP contribution in [-0.4, -0.2) is 34.3 Å². The zero-order valence-electron chi connectivity index (χ0n) is 12.3. The largest absolute Gasteiger partial charge is 0.444 e. The van der Waals surface area contributed by atoms with Crippen LogP contribution in [0, 0.1) is 12.8 Å². The van der Waals surface area contributed by atoms with Gasteiger partial charge in [-0.15, -0.1) is 0 Å². The summed E-state index contributed by atoms with van der Waals surface area (Å²) in [5, 5.41) is 2.79. The smallest absolute Gasteiger partial charge is 0.246 e. The molecule has 0 aromatic carbocycles. The van der Waals surface area contributed by atoms with E-state index in [1.807, 2.05) is 27.7 Å². The van der Waals surface area contributed by atoms with E-state index >= 15 is 0 Å². The average Bonchev–Trinajstić information content (AvgIpc) is 2.75. The van der Waals surface area contributed by atoms with Gasteiger partial charge in [0, 0.05) is 13.0 Å². The number of amides is 2. The molecular formula is C14H21N3O3. The van der Waals surface area contributed by atoms with Crippen molar-refractivity contribution < 1.29 is 14.0 Å². The lowest BCUT2D eigenvalue weighted by molar-refractivity contribution is -0.137. The van der Waals surface area contributed by atoms with Crippen LogP contribution >= 0.6 is 0 Å². The highest BCUT2D eigenvalue weighted by Gasteiger charge is 2.35. The Morgan fingerprint density at radius 3 is 2.65 bits per heavy atom. The molecular weight excluding hydrogens is 258 g/mol. The summed E-state index contributed by atoms with van der Waals surface area (Å²) in [4.78, 5) is 30.2. The maximum atomic E-state index is 12.6. The van der Waals surface area contributed by atoms with E-state index in [-0.39, 0.29) is 23.8 Å². The molecule has 1 aromatic heterocycles. The Labute approximate surface area is 118 Å². The van der Waals surface area contributed by atoms with Crippen LogP contribution in [0.1, 0.15) is 44.9 Å². The topological polar surface area (TPSA) is 75.4 Å². The highest BCUT2D eigenvalue weighted by molar-refractivity contribution is 5.90. The van der Waals surface area contributed by atoms with Crippen molar-refractivity contribution >= 4 is 11.8 Å². The van der Waals surface area contributed by atoms with E-state index in [9.17, 15) is 9.59 Å². The Kier molecular flexibility index (Phi) is 4.11. The van der Waals surface area contributed by atoms with E-state index in [1.54, 1.807) is 11.1 Å². The van der Waals surface area contributed by atoms with Crippen molar-refractivity contribution in [2.45, 2.75) is 46.2 Å². The third-order valence-electron chi connectivity index (χ3n) is 3.58. The number of carbonyl (C=O) groups is 2. The third-order valence-corrected chi connectivity index (χ3v) is 3.58. The Morgan fingerprint density at radius 1 is 1.40 bits per heavy atom. The molecule has 1 aromatic rings. The van der Waals surface area contributed by atoms with Crippen molar-refractivity contribution in [2.24, 2.45) is 5.92 Å².